The van der Waals surface area contributed by atoms with Gasteiger partial charge in [-0.15, -0.1) is 0 Å². The molecule has 0 aliphatic carbocycles. The average molecular weight is 536 g/mol. The summed E-state index contributed by atoms with van der Waals surface area (Å²) < 4.78 is 29.8. The number of hydrogen-bond donors (Lipinski definition) is 1. The molecule has 0 saturated carbocycles. The van der Waals surface area contributed by atoms with Crippen LogP contribution in [0.3, 0.4) is 0 Å². The second-order valence-corrected chi connectivity index (χ2v) is 7.88. The predicted molar refractivity (Wildman–Crippen MR) is 130 cm³/mol. The summed E-state index contributed by atoms with van der Waals surface area (Å²) in [5.74, 6) is 0.768. The summed E-state index contributed by atoms with van der Waals surface area (Å²) in [5.41, 5.74) is 2.79. The molecule has 2 heterocycles. The van der Waals surface area contributed by atoms with Crippen molar-refractivity contribution in [1.29, 1.82) is 0 Å². The summed E-state index contributed by atoms with van der Waals surface area (Å²) in [6.07, 6.45) is 5.43. The highest BCUT2D eigenvalue weighted by Gasteiger charge is 2.10. The third-order valence-corrected chi connectivity index (χ3v) is 5.15. The average Bonchev–Trinajstić information content (AvgIpc) is 3.26. The maximum Gasteiger partial charge on any atom is 0.119 e. The molecule has 10 heteroatoms. The monoisotopic (exact) mass is 535 g/mol. The molecule has 0 amide bonds. The first-order valence-corrected chi connectivity index (χ1v) is 11.9. The van der Waals surface area contributed by atoms with Gasteiger partial charge in [-0.2, -0.15) is 5.10 Å². The number of halogens is 1. The Bertz CT molecular complexity index is 940. The van der Waals surface area contributed by atoms with E-state index in [1.165, 1.54) is 0 Å². The van der Waals surface area contributed by atoms with E-state index in [4.69, 9.17) is 28.8 Å². The van der Waals surface area contributed by atoms with Crippen LogP contribution < -0.4 is 4.74 Å². The van der Waals surface area contributed by atoms with Crippen LogP contribution in [-0.4, -0.2) is 85.9 Å². The van der Waals surface area contributed by atoms with Gasteiger partial charge in [0.05, 0.1) is 69.6 Å². The molecule has 0 saturated heterocycles. The summed E-state index contributed by atoms with van der Waals surface area (Å²) in [6.45, 7) is 4.26. The molecule has 34 heavy (non-hydrogen) atoms. The maximum atomic E-state index is 8.58. The second-order valence-electron chi connectivity index (χ2n) is 7.02. The van der Waals surface area contributed by atoms with Crippen LogP contribution >= 0.6 is 15.9 Å². The van der Waals surface area contributed by atoms with Gasteiger partial charge in [0.25, 0.3) is 0 Å². The van der Waals surface area contributed by atoms with Crippen LogP contribution in [0.25, 0.3) is 16.9 Å². The minimum absolute atomic E-state index is 0.0274. The lowest BCUT2D eigenvalue weighted by molar-refractivity contribution is -0.00779. The SMILES string of the molecule is OCCOCCOCCOCCOCCOc1ccc(-n2cc(Br)c(-c3ccncc3)n2)cc1. The molecule has 0 radical (unpaired) electrons. The quantitative estimate of drug-likeness (QED) is 0.263. The Morgan fingerprint density at radius 3 is 1.88 bits per heavy atom. The zero-order chi connectivity index (χ0) is 23.8. The zero-order valence-electron chi connectivity index (χ0n) is 19.0. The molecule has 0 aliphatic heterocycles. The molecule has 0 aliphatic rings. The van der Waals surface area contributed by atoms with Crippen molar-refractivity contribution in [3.05, 3.63) is 59.5 Å². The van der Waals surface area contributed by atoms with Gasteiger partial charge in [-0.3, -0.25) is 4.98 Å². The van der Waals surface area contributed by atoms with Gasteiger partial charge in [0.1, 0.15) is 18.1 Å². The van der Waals surface area contributed by atoms with Crippen LogP contribution in [0.4, 0.5) is 0 Å². The highest BCUT2D eigenvalue weighted by Crippen LogP contribution is 2.27. The minimum Gasteiger partial charge on any atom is -0.491 e. The number of pyridine rings is 1. The van der Waals surface area contributed by atoms with Crippen LogP contribution in [-0.2, 0) is 18.9 Å². The number of benzene rings is 1. The van der Waals surface area contributed by atoms with E-state index < -0.39 is 0 Å². The number of nitrogens with zero attached hydrogens (tertiary/aromatic N) is 3. The number of aliphatic hydroxyl groups is 1. The lowest BCUT2D eigenvalue weighted by Gasteiger charge is -2.09. The van der Waals surface area contributed by atoms with E-state index in [0.29, 0.717) is 59.5 Å². The number of aromatic nitrogens is 3. The standard InChI is InChI=1S/C24H30BrN3O6/c25-23-19-28(27-24(23)20-5-7-26-8-6-20)21-1-3-22(4-2-21)34-18-17-33-16-15-32-14-13-31-12-11-30-10-9-29/h1-8,19,29H,9-18H2. The molecular formula is C24H30BrN3O6. The van der Waals surface area contributed by atoms with Crippen LogP contribution in [0.5, 0.6) is 5.75 Å². The summed E-state index contributed by atoms with van der Waals surface area (Å²) in [5, 5.41) is 13.2. The lowest BCUT2D eigenvalue weighted by Crippen LogP contribution is -2.14. The van der Waals surface area contributed by atoms with Crippen molar-refractivity contribution in [1.82, 2.24) is 14.8 Å². The fraction of sp³-hybridized carbons (Fsp3) is 0.417. The molecule has 184 valence electrons. The first-order chi connectivity index (χ1) is 16.8. The Morgan fingerprint density at radius 2 is 1.29 bits per heavy atom. The highest BCUT2D eigenvalue weighted by molar-refractivity contribution is 9.10. The van der Waals surface area contributed by atoms with Crippen LogP contribution in [0.1, 0.15) is 0 Å². The Morgan fingerprint density at radius 1 is 0.735 bits per heavy atom. The lowest BCUT2D eigenvalue weighted by atomic mass is 10.2. The van der Waals surface area contributed by atoms with Crippen LogP contribution in [0, 0.1) is 0 Å². The van der Waals surface area contributed by atoms with E-state index in [2.05, 4.69) is 26.0 Å². The molecule has 0 bridgehead atoms. The fourth-order valence-corrected chi connectivity index (χ4v) is 3.43. The van der Waals surface area contributed by atoms with Gasteiger partial charge in [-0.05, 0) is 52.3 Å². The molecule has 0 fully saturated rings. The topological polar surface area (TPSA) is 97.1 Å². The number of aliphatic hydroxyl groups excluding tert-OH is 1. The molecule has 0 spiro atoms. The molecular weight excluding hydrogens is 506 g/mol. The van der Waals surface area contributed by atoms with Crippen molar-refractivity contribution in [3.63, 3.8) is 0 Å². The number of ether oxygens (including phenoxy) is 5. The fourth-order valence-electron chi connectivity index (χ4n) is 2.93. The second kappa shape index (κ2) is 15.5. The number of hydrogen-bond acceptors (Lipinski definition) is 8. The normalized spacial score (nSPS) is 11.1. The van der Waals surface area contributed by atoms with Crippen molar-refractivity contribution in [2.24, 2.45) is 0 Å². The van der Waals surface area contributed by atoms with Crippen molar-refractivity contribution in [2.75, 3.05) is 66.1 Å². The minimum atomic E-state index is 0.0274. The first-order valence-electron chi connectivity index (χ1n) is 11.1. The van der Waals surface area contributed by atoms with E-state index in [1.807, 2.05) is 47.3 Å². The predicted octanol–water partition coefficient (Wildman–Crippen LogP) is 3.13. The molecule has 9 nitrogen and oxygen atoms in total. The van der Waals surface area contributed by atoms with Gasteiger partial charge in [0.15, 0.2) is 0 Å². The van der Waals surface area contributed by atoms with Crippen LogP contribution in [0.2, 0.25) is 0 Å². The van der Waals surface area contributed by atoms with E-state index in [-0.39, 0.29) is 6.61 Å². The third kappa shape index (κ3) is 9.13. The molecule has 1 N–H and O–H groups in total. The Kier molecular flexibility index (Phi) is 12.0. The molecule has 3 rings (SSSR count). The summed E-state index contributed by atoms with van der Waals surface area (Å²) in [4.78, 5) is 4.05. The molecule has 1 aromatic carbocycles. The van der Waals surface area contributed by atoms with Gasteiger partial charge < -0.3 is 28.8 Å². The maximum absolute atomic E-state index is 8.58. The number of rotatable bonds is 17. The molecule has 0 unspecified atom stereocenters. The van der Waals surface area contributed by atoms with Crippen molar-refractivity contribution < 1.29 is 28.8 Å². The summed E-state index contributed by atoms with van der Waals surface area (Å²) >= 11 is 3.58. The Balaban J connectivity index is 1.26. The zero-order valence-corrected chi connectivity index (χ0v) is 20.6. The smallest absolute Gasteiger partial charge is 0.119 e. The summed E-state index contributed by atoms with van der Waals surface area (Å²) in [7, 11) is 0. The van der Waals surface area contributed by atoms with Gasteiger partial charge in [0.2, 0.25) is 0 Å². The van der Waals surface area contributed by atoms with Gasteiger partial charge in [-0.25, -0.2) is 4.68 Å². The first kappa shape index (κ1) is 26.3. The van der Waals surface area contributed by atoms with Crippen LogP contribution in [0.15, 0.2) is 59.5 Å². The molecule has 0 atom stereocenters. The van der Waals surface area contributed by atoms with Crippen molar-refractivity contribution in [2.45, 2.75) is 0 Å². The largest absolute Gasteiger partial charge is 0.491 e. The van der Waals surface area contributed by atoms with E-state index in [1.54, 1.807) is 12.4 Å². The van der Waals surface area contributed by atoms with E-state index in [9.17, 15) is 0 Å². The van der Waals surface area contributed by atoms with Crippen molar-refractivity contribution >= 4 is 15.9 Å². The molecule has 2 aromatic heterocycles. The molecule has 3 aromatic rings. The summed E-state index contributed by atoms with van der Waals surface area (Å²) in [6, 6.07) is 11.6. The Hall–Kier alpha value is -2.34. The van der Waals surface area contributed by atoms with Gasteiger partial charge in [-0.1, -0.05) is 0 Å². The van der Waals surface area contributed by atoms with Gasteiger partial charge >= 0.3 is 0 Å². The van der Waals surface area contributed by atoms with Gasteiger partial charge in [0, 0.05) is 24.2 Å². The Labute approximate surface area is 207 Å². The highest BCUT2D eigenvalue weighted by atomic mass is 79.9. The van der Waals surface area contributed by atoms with E-state index >= 15 is 0 Å². The third-order valence-electron chi connectivity index (χ3n) is 4.57. The van der Waals surface area contributed by atoms with Crippen molar-refractivity contribution in [3.8, 4) is 22.7 Å². The van der Waals surface area contributed by atoms with E-state index in [0.717, 1.165) is 27.2 Å².